The predicted molar refractivity (Wildman–Crippen MR) is 92.3 cm³/mol. The lowest BCUT2D eigenvalue weighted by Gasteiger charge is -2.32. The summed E-state index contributed by atoms with van der Waals surface area (Å²) in [7, 11) is 0. The van der Waals surface area contributed by atoms with E-state index in [-0.39, 0.29) is 0 Å². The number of hydrogen-bond donors (Lipinski definition) is 3. The van der Waals surface area contributed by atoms with Crippen LogP contribution in [-0.4, -0.2) is 59.8 Å². The lowest BCUT2D eigenvalue weighted by molar-refractivity contribution is -0.0891. The van der Waals surface area contributed by atoms with Gasteiger partial charge in [-0.3, -0.25) is 4.57 Å². The van der Waals surface area contributed by atoms with Crippen LogP contribution >= 0.6 is 0 Å². The van der Waals surface area contributed by atoms with Crippen molar-refractivity contribution in [3.05, 3.63) is 12.7 Å². The summed E-state index contributed by atoms with van der Waals surface area (Å²) in [6, 6.07) is 0.354. The molecule has 9 heteroatoms. The fourth-order valence-corrected chi connectivity index (χ4v) is 3.92. The highest BCUT2D eigenvalue weighted by atomic mass is 19.1. The van der Waals surface area contributed by atoms with Crippen molar-refractivity contribution in [1.29, 1.82) is 0 Å². The zero-order valence-corrected chi connectivity index (χ0v) is 14.9. The summed E-state index contributed by atoms with van der Waals surface area (Å²) < 4.78 is 22.5. The van der Waals surface area contributed by atoms with Gasteiger partial charge < -0.3 is 20.3 Å². The lowest BCUT2D eigenvalue weighted by atomic mass is 9.85. The van der Waals surface area contributed by atoms with Gasteiger partial charge in [0.15, 0.2) is 28.9 Å². The first kappa shape index (κ1) is 17.6. The maximum absolute atomic E-state index is 15.4. The number of nitrogens with one attached hydrogen (secondary N) is 1. The average Bonchev–Trinajstić information content (AvgIpc) is 3.28. The minimum absolute atomic E-state index is 0.354. The smallest absolute Gasteiger partial charge is 0.183 e. The van der Waals surface area contributed by atoms with Crippen LogP contribution in [0.15, 0.2) is 12.7 Å². The molecule has 4 rings (SSSR count). The van der Waals surface area contributed by atoms with Crippen molar-refractivity contribution in [1.82, 2.24) is 19.5 Å². The van der Waals surface area contributed by atoms with Gasteiger partial charge in [0.2, 0.25) is 0 Å². The number of ether oxygens (including phenoxy) is 1. The first-order valence-electron chi connectivity index (χ1n) is 8.98. The van der Waals surface area contributed by atoms with Gasteiger partial charge in [0.25, 0.3) is 0 Å². The molecule has 0 aromatic carbocycles. The molecule has 0 radical (unpaired) electrons. The number of hydrogen-bond acceptors (Lipinski definition) is 7. The Morgan fingerprint density at radius 3 is 2.69 bits per heavy atom. The van der Waals surface area contributed by atoms with Gasteiger partial charge in [0.05, 0.1) is 12.9 Å². The van der Waals surface area contributed by atoms with Gasteiger partial charge in [-0.2, -0.15) is 0 Å². The number of aliphatic hydroxyl groups is 2. The monoisotopic (exact) mass is 365 g/mol. The van der Waals surface area contributed by atoms with Crippen molar-refractivity contribution < 1.29 is 19.3 Å². The van der Waals surface area contributed by atoms with E-state index in [0.29, 0.717) is 23.0 Å². The molecule has 2 aromatic rings. The summed E-state index contributed by atoms with van der Waals surface area (Å²) in [5.74, 6) is 0.615. The molecule has 0 spiro atoms. The number of imidazole rings is 1. The zero-order valence-electron chi connectivity index (χ0n) is 14.9. The van der Waals surface area contributed by atoms with Crippen LogP contribution in [-0.2, 0) is 4.74 Å². The van der Waals surface area contributed by atoms with Crippen molar-refractivity contribution in [3.63, 3.8) is 0 Å². The predicted octanol–water partition coefficient (Wildman–Crippen LogP) is 1.55. The molecule has 2 aliphatic rings. The van der Waals surface area contributed by atoms with Crippen LogP contribution in [0.4, 0.5) is 10.2 Å². The number of alkyl halides is 1. The molecule has 2 fully saturated rings. The Balaban J connectivity index is 1.72. The van der Waals surface area contributed by atoms with Crippen molar-refractivity contribution in [2.75, 3.05) is 11.9 Å². The summed E-state index contributed by atoms with van der Waals surface area (Å²) in [6.07, 6.45) is 5.19. The van der Waals surface area contributed by atoms with Gasteiger partial charge in [-0.25, -0.2) is 19.3 Å². The lowest BCUT2D eigenvalue weighted by Crippen LogP contribution is -2.51. The number of aromatic nitrogens is 4. The highest BCUT2D eigenvalue weighted by molar-refractivity contribution is 5.82. The van der Waals surface area contributed by atoms with E-state index in [1.54, 1.807) is 0 Å². The van der Waals surface area contributed by atoms with E-state index in [2.05, 4.69) is 20.3 Å². The van der Waals surface area contributed by atoms with Crippen LogP contribution in [0.2, 0.25) is 0 Å². The van der Waals surface area contributed by atoms with Crippen LogP contribution in [0.3, 0.4) is 0 Å². The number of halogens is 1. The number of rotatable bonds is 4. The van der Waals surface area contributed by atoms with Gasteiger partial charge in [-0.15, -0.1) is 0 Å². The van der Waals surface area contributed by atoms with E-state index in [4.69, 9.17) is 4.74 Å². The van der Waals surface area contributed by atoms with E-state index in [0.717, 1.165) is 12.8 Å². The molecule has 0 amide bonds. The highest BCUT2D eigenvalue weighted by Gasteiger charge is 2.63. The van der Waals surface area contributed by atoms with Gasteiger partial charge in [-0.05, 0) is 26.7 Å². The Bertz CT molecular complexity index is 803. The number of nitrogens with zero attached hydrogens (tertiary/aromatic N) is 4. The summed E-state index contributed by atoms with van der Waals surface area (Å²) in [5.41, 5.74) is -3.03. The van der Waals surface area contributed by atoms with Crippen molar-refractivity contribution >= 4 is 17.0 Å². The van der Waals surface area contributed by atoms with Gasteiger partial charge in [-0.1, -0.05) is 12.8 Å². The second kappa shape index (κ2) is 6.11. The third-order valence-corrected chi connectivity index (χ3v) is 5.85. The highest BCUT2D eigenvalue weighted by Crippen LogP contribution is 2.48. The zero-order chi connectivity index (χ0) is 18.5. The van der Waals surface area contributed by atoms with E-state index < -0.39 is 30.2 Å². The molecule has 2 aromatic heterocycles. The summed E-state index contributed by atoms with van der Waals surface area (Å²) in [6.45, 7) is 2.10. The van der Waals surface area contributed by atoms with E-state index in [9.17, 15) is 10.2 Å². The van der Waals surface area contributed by atoms with Crippen LogP contribution in [0.25, 0.3) is 11.2 Å². The second-order valence-corrected chi connectivity index (χ2v) is 7.55. The third kappa shape index (κ3) is 2.49. The molecule has 26 heavy (non-hydrogen) atoms. The van der Waals surface area contributed by atoms with E-state index >= 15 is 4.39 Å². The molecule has 1 aliphatic carbocycles. The molecule has 4 atom stereocenters. The summed E-state index contributed by atoms with van der Waals surface area (Å²) >= 11 is 0. The summed E-state index contributed by atoms with van der Waals surface area (Å²) in [5, 5.41) is 23.4. The topological polar surface area (TPSA) is 105 Å². The normalized spacial score (nSPS) is 35.4. The van der Waals surface area contributed by atoms with Crippen molar-refractivity contribution in [3.8, 4) is 0 Å². The van der Waals surface area contributed by atoms with Crippen LogP contribution < -0.4 is 5.32 Å². The fourth-order valence-electron chi connectivity index (χ4n) is 3.92. The van der Waals surface area contributed by atoms with Gasteiger partial charge in [0.1, 0.15) is 18.0 Å². The Morgan fingerprint density at radius 1 is 1.31 bits per heavy atom. The molecule has 1 saturated carbocycles. The minimum atomic E-state index is -2.14. The average molecular weight is 365 g/mol. The van der Waals surface area contributed by atoms with Gasteiger partial charge in [0, 0.05) is 6.04 Å². The molecule has 0 unspecified atom stereocenters. The Labute approximate surface area is 150 Å². The SMILES string of the molecule is C[C@]1(O)[C@@H](CO)O[C@@H](n2cnc3c(NC4CCCC4)ncnc32)[C@]1(C)F. The number of aliphatic hydroxyl groups excluding tert-OH is 1. The van der Waals surface area contributed by atoms with Crippen LogP contribution in [0.1, 0.15) is 45.8 Å². The third-order valence-electron chi connectivity index (χ3n) is 5.85. The Kier molecular flexibility index (Phi) is 4.13. The van der Waals surface area contributed by atoms with Crippen LogP contribution in [0, 0.1) is 0 Å². The molecule has 8 nitrogen and oxygen atoms in total. The molecule has 3 N–H and O–H groups in total. The standard InChI is InChI=1S/C17H24FN5O3/c1-16(18)15(26-11(7-24)17(16,2)25)23-9-21-12-13(19-8-20-14(12)23)22-10-5-3-4-6-10/h8-11,15,24-25H,3-7H2,1-2H3,(H,19,20,22)/t11-,15-,16+,17+/m1/s1. The number of anilines is 1. The first-order chi connectivity index (χ1) is 12.4. The van der Waals surface area contributed by atoms with Crippen LogP contribution in [0.5, 0.6) is 0 Å². The molecule has 3 heterocycles. The first-order valence-corrected chi connectivity index (χ1v) is 8.98. The Morgan fingerprint density at radius 2 is 2.04 bits per heavy atom. The van der Waals surface area contributed by atoms with E-state index in [1.165, 1.54) is 43.9 Å². The molecule has 1 aliphatic heterocycles. The van der Waals surface area contributed by atoms with Crippen molar-refractivity contribution in [2.24, 2.45) is 0 Å². The molecule has 1 saturated heterocycles. The maximum atomic E-state index is 15.4. The maximum Gasteiger partial charge on any atom is 0.183 e. The van der Waals surface area contributed by atoms with E-state index in [1.807, 2.05) is 0 Å². The quantitative estimate of drug-likeness (QED) is 0.755. The van der Waals surface area contributed by atoms with Crippen molar-refractivity contribution in [2.45, 2.75) is 69.2 Å². The Hall–Kier alpha value is -1.84. The second-order valence-electron chi connectivity index (χ2n) is 7.55. The van der Waals surface area contributed by atoms with Gasteiger partial charge >= 0.3 is 0 Å². The fraction of sp³-hybridized carbons (Fsp3) is 0.706. The molecule has 142 valence electrons. The summed E-state index contributed by atoms with van der Waals surface area (Å²) in [4.78, 5) is 12.9. The number of fused-ring (bicyclic) bond motifs is 1. The largest absolute Gasteiger partial charge is 0.394 e. The molecular weight excluding hydrogens is 341 g/mol. The molecular formula is C17H24FN5O3. The molecule has 0 bridgehead atoms. The minimum Gasteiger partial charge on any atom is -0.394 e.